The van der Waals surface area contributed by atoms with Gasteiger partial charge in [-0.2, -0.15) is 0 Å². The molecular weight excluding hydrogens is 216 g/mol. The molecular formula is C14H18O3. The fraction of sp³-hybridized carbons (Fsp3) is 0.786. The Kier molecular flexibility index (Phi) is 1.92. The molecule has 3 nitrogen and oxygen atoms in total. The molecule has 0 aliphatic heterocycles. The summed E-state index contributed by atoms with van der Waals surface area (Å²) in [4.78, 5) is 10.9. The molecule has 1 heterocycles. The van der Waals surface area contributed by atoms with Crippen LogP contribution in [0.1, 0.15) is 44.3 Å². The molecule has 1 aromatic rings. The van der Waals surface area contributed by atoms with Gasteiger partial charge in [-0.05, 0) is 61.7 Å². The van der Waals surface area contributed by atoms with Crippen molar-refractivity contribution in [3.05, 3.63) is 22.6 Å². The van der Waals surface area contributed by atoms with Gasteiger partial charge in [0.05, 0.1) is 0 Å². The van der Waals surface area contributed by atoms with Crippen molar-refractivity contribution in [3.63, 3.8) is 0 Å². The summed E-state index contributed by atoms with van der Waals surface area (Å²) in [6, 6.07) is 0. The van der Waals surface area contributed by atoms with Crippen LogP contribution in [0.5, 0.6) is 0 Å². The highest BCUT2D eigenvalue weighted by Crippen LogP contribution is 2.60. The van der Waals surface area contributed by atoms with Gasteiger partial charge in [0, 0.05) is 6.42 Å². The first-order chi connectivity index (χ1) is 8.21. The summed E-state index contributed by atoms with van der Waals surface area (Å²) in [5, 5.41) is 0. The lowest BCUT2D eigenvalue weighted by Gasteiger charge is -2.56. The van der Waals surface area contributed by atoms with Crippen molar-refractivity contribution in [3.8, 4) is 0 Å². The van der Waals surface area contributed by atoms with Crippen LogP contribution in [0.15, 0.2) is 19.9 Å². The first kappa shape index (κ1) is 9.98. The van der Waals surface area contributed by atoms with Gasteiger partial charge in [-0.3, -0.25) is 0 Å². The SMILES string of the molecule is O=c1occ(CC23CC4CC(CC(C4)C2)C3)o1. The highest BCUT2D eigenvalue weighted by Gasteiger charge is 2.51. The third-order valence-electron chi connectivity index (χ3n) is 5.22. The lowest BCUT2D eigenvalue weighted by molar-refractivity contribution is -0.0545. The van der Waals surface area contributed by atoms with E-state index in [-0.39, 0.29) is 0 Å². The molecule has 4 aliphatic carbocycles. The first-order valence-electron chi connectivity index (χ1n) is 6.78. The summed E-state index contributed by atoms with van der Waals surface area (Å²) in [7, 11) is 0. The molecule has 0 amide bonds. The first-order valence-corrected chi connectivity index (χ1v) is 6.78. The van der Waals surface area contributed by atoms with Crippen molar-refractivity contribution < 1.29 is 8.83 Å². The predicted molar refractivity (Wildman–Crippen MR) is 61.6 cm³/mol. The monoisotopic (exact) mass is 234 g/mol. The zero-order chi connectivity index (χ0) is 11.5. The lowest BCUT2D eigenvalue weighted by Crippen LogP contribution is -2.47. The van der Waals surface area contributed by atoms with Crippen molar-refractivity contribution in [2.75, 3.05) is 0 Å². The third kappa shape index (κ3) is 1.59. The molecule has 92 valence electrons. The van der Waals surface area contributed by atoms with Crippen LogP contribution < -0.4 is 5.82 Å². The summed E-state index contributed by atoms with van der Waals surface area (Å²) >= 11 is 0. The quantitative estimate of drug-likeness (QED) is 0.790. The molecule has 5 rings (SSSR count). The van der Waals surface area contributed by atoms with Gasteiger partial charge in [0.2, 0.25) is 0 Å². The molecule has 0 unspecified atom stereocenters. The summed E-state index contributed by atoms with van der Waals surface area (Å²) in [5.74, 6) is 3.04. The molecule has 17 heavy (non-hydrogen) atoms. The standard InChI is InChI=1S/C14H18O3/c15-13-16-8-12(17-13)7-14-4-9-1-10(5-14)3-11(2-9)6-14/h8-11H,1-7H2. The van der Waals surface area contributed by atoms with Gasteiger partial charge in [-0.1, -0.05) is 0 Å². The van der Waals surface area contributed by atoms with Crippen LogP contribution in [0.2, 0.25) is 0 Å². The molecule has 4 saturated carbocycles. The smallest absolute Gasteiger partial charge is 0.399 e. The van der Waals surface area contributed by atoms with E-state index in [9.17, 15) is 4.79 Å². The second-order valence-corrected chi connectivity index (χ2v) is 6.65. The molecule has 4 bridgehead atoms. The van der Waals surface area contributed by atoms with E-state index >= 15 is 0 Å². The van der Waals surface area contributed by atoms with Crippen LogP contribution in [0, 0.1) is 23.2 Å². The molecule has 1 aromatic heterocycles. The minimum Gasteiger partial charge on any atom is -0.399 e. The molecule has 0 N–H and O–H groups in total. The Morgan fingerprint density at radius 2 is 1.71 bits per heavy atom. The van der Waals surface area contributed by atoms with E-state index in [1.807, 2.05) is 0 Å². The van der Waals surface area contributed by atoms with E-state index < -0.39 is 5.82 Å². The fourth-order valence-corrected chi connectivity index (χ4v) is 5.22. The van der Waals surface area contributed by atoms with Gasteiger partial charge >= 0.3 is 5.82 Å². The average molecular weight is 234 g/mol. The van der Waals surface area contributed by atoms with Crippen LogP contribution >= 0.6 is 0 Å². The molecule has 0 aromatic carbocycles. The highest BCUT2D eigenvalue weighted by molar-refractivity contribution is 5.05. The second-order valence-electron chi connectivity index (χ2n) is 6.65. The van der Waals surface area contributed by atoms with Crippen molar-refractivity contribution in [1.82, 2.24) is 0 Å². The topological polar surface area (TPSA) is 43.4 Å². The minimum absolute atomic E-state index is 0.425. The zero-order valence-electron chi connectivity index (χ0n) is 9.98. The van der Waals surface area contributed by atoms with Gasteiger partial charge in [0.15, 0.2) is 0 Å². The third-order valence-corrected chi connectivity index (χ3v) is 5.22. The molecule has 0 saturated heterocycles. The Morgan fingerprint density at radius 3 is 2.18 bits per heavy atom. The summed E-state index contributed by atoms with van der Waals surface area (Å²) in [6.07, 6.45) is 10.8. The van der Waals surface area contributed by atoms with E-state index in [2.05, 4.69) is 0 Å². The molecule has 3 heteroatoms. The van der Waals surface area contributed by atoms with Gasteiger partial charge in [0.1, 0.15) is 12.0 Å². The Hall–Kier alpha value is -0.990. The van der Waals surface area contributed by atoms with Crippen LogP contribution in [-0.4, -0.2) is 0 Å². The van der Waals surface area contributed by atoms with Crippen LogP contribution in [0.4, 0.5) is 0 Å². The minimum atomic E-state index is -0.551. The maximum absolute atomic E-state index is 10.9. The second kappa shape index (κ2) is 3.27. The Morgan fingerprint density at radius 1 is 1.12 bits per heavy atom. The number of rotatable bonds is 2. The van der Waals surface area contributed by atoms with E-state index in [1.54, 1.807) is 0 Å². The molecule has 4 fully saturated rings. The Labute approximate surface area is 100 Å². The molecule has 0 spiro atoms. The van der Waals surface area contributed by atoms with E-state index in [0.717, 1.165) is 29.9 Å². The molecule has 0 atom stereocenters. The Balaban J connectivity index is 1.62. The van der Waals surface area contributed by atoms with Crippen molar-refractivity contribution >= 4 is 0 Å². The van der Waals surface area contributed by atoms with Crippen LogP contribution in [0.25, 0.3) is 0 Å². The summed E-state index contributed by atoms with van der Waals surface area (Å²) in [5.41, 5.74) is 0.425. The van der Waals surface area contributed by atoms with Crippen LogP contribution in [0.3, 0.4) is 0 Å². The Bertz CT molecular complexity index is 446. The van der Waals surface area contributed by atoms with E-state index in [0.29, 0.717) is 5.41 Å². The predicted octanol–water partition coefficient (Wildman–Crippen LogP) is 2.99. The summed E-state index contributed by atoms with van der Waals surface area (Å²) < 4.78 is 9.86. The number of hydrogen-bond acceptors (Lipinski definition) is 3. The van der Waals surface area contributed by atoms with Gasteiger partial charge < -0.3 is 8.83 Å². The fourth-order valence-electron chi connectivity index (χ4n) is 5.22. The molecule has 0 radical (unpaired) electrons. The summed E-state index contributed by atoms with van der Waals surface area (Å²) in [6.45, 7) is 0. The van der Waals surface area contributed by atoms with Gasteiger partial charge in [-0.15, -0.1) is 0 Å². The average Bonchev–Trinajstić information content (AvgIpc) is 2.60. The van der Waals surface area contributed by atoms with Crippen molar-refractivity contribution in [2.45, 2.75) is 44.9 Å². The van der Waals surface area contributed by atoms with Crippen molar-refractivity contribution in [2.24, 2.45) is 23.2 Å². The maximum atomic E-state index is 10.9. The zero-order valence-corrected chi connectivity index (χ0v) is 9.98. The largest absolute Gasteiger partial charge is 0.518 e. The maximum Gasteiger partial charge on any atom is 0.518 e. The highest BCUT2D eigenvalue weighted by atomic mass is 16.6. The lowest BCUT2D eigenvalue weighted by atomic mass is 9.49. The van der Waals surface area contributed by atoms with E-state index in [1.165, 1.54) is 44.8 Å². The normalized spacial score (nSPS) is 43.2. The van der Waals surface area contributed by atoms with Crippen molar-refractivity contribution in [1.29, 1.82) is 0 Å². The molecule has 4 aliphatic rings. The van der Waals surface area contributed by atoms with Crippen LogP contribution in [-0.2, 0) is 6.42 Å². The van der Waals surface area contributed by atoms with Gasteiger partial charge in [-0.25, -0.2) is 4.79 Å². The van der Waals surface area contributed by atoms with Gasteiger partial charge in [0.25, 0.3) is 0 Å². The number of hydrogen-bond donors (Lipinski definition) is 0. The van der Waals surface area contributed by atoms with E-state index in [4.69, 9.17) is 8.83 Å².